The number of piperidine rings is 1. The molecule has 1 aromatic carbocycles. The maximum absolute atomic E-state index is 8.81. The second-order valence-corrected chi connectivity index (χ2v) is 6.16. The minimum Gasteiger partial charge on any atom is -0.492 e. The summed E-state index contributed by atoms with van der Waals surface area (Å²) in [4.78, 5) is 3.36. The third kappa shape index (κ3) is 4.16. The number of ether oxygens (including phenoxy) is 1. The first-order valence-corrected chi connectivity index (χ1v) is 8.07. The summed E-state index contributed by atoms with van der Waals surface area (Å²) in [5, 5.41) is 10.9. The maximum atomic E-state index is 8.81. The van der Waals surface area contributed by atoms with Crippen LogP contribution in [0.1, 0.15) is 31.7 Å². The smallest absolute Gasteiger partial charge is 0.138 e. The lowest BCUT2D eigenvalue weighted by atomic mass is 10.0. The molecule has 2 rings (SSSR count). The quantitative estimate of drug-likeness (QED) is 0.612. The van der Waals surface area contributed by atoms with Crippen LogP contribution in [0.3, 0.4) is 0 Å². The highest BCUT2D eigenvalue weighted by Crippen LogP contribution is 2.26. The third-order valence-electron chi connectivity index (χ3n) is 3.88. The zero-order valence-corrected chi connectivity index (χ0v) is 13.1. The van der Waals surface area contributed by atoms with Crippen molar-refractivity contribution in [3.05, 3.63) is 23.8 Å². The summed E-state index contributed by atoms with van der Waals surface area (Å²) in [6.07, 6.45) is 4.76. The fourth-order valence-corrected chi connectivity index (χ4v) is 3.07. The van der Waals surface area contributed by atoms with Gasteiger partial charge in [0.15, 0.2) is 0 Å². The van der Waals surface area contributed by atoms with Gasteiger partial charge in [0.1, 0.15) is 17.8 Å². The van der Waals surface area contributed by atoms with Gasteiger partial charge in [0.25, 0.3) is 0 Å². The van der Waals surface area contributed by atoms with Gasteiger partial charge in [-0.25, -0.2) is 0 Å². The van der Waals surface area contributed by atoms with E-state index in [0.29, 0.717) is 6.04 Å². The molecule has 20 heavy (non-hydrogen) atoms. The molecule has 1 atom stereocenters. The molecule has 108 valence electrons. The Bertz CT molecular complexity index is 484. The zero-order chi connectivity index (χ0) is 14.4. The Hall–Kier alpha value is -1.18. The lowest BCUT2D eigenvalue weighted by Gasteiger charge is -2.32. The van der Waals surface area contributed by atoms with E-state index >= 15 is 0 Å². The van der Waals surface area contributed by atoms with E-state index in [2.05, 4.69) is 36.4 Å². The first-order chi connectivity index (χ1) is 9.72. The van der Waals surface area contributed by atoms with Gasteiger partial charge in [-0.2, -0.15) is 5.26 Å². The summed E-state index contributed by atoms with van der Waals surface area (Å²) in [5.41, 5.74) is 1.22. The Morgan fingerprint density at radius 2 is 2.25 bits per heavy atom. The SMILES string of the molecule is CCc1cc(OCC2CCCCN2C)cc(SC#N)c1. The lowest BCUT2D eigenvalue weighted by Crippen LogP contribution is -2.40. The number of hydrogen-bond acceptors (Lipinski definition) is 4. The van der Waals surface area contributed by atoms with E-state index in [4.69, 9.17) is 10.00 Å². The van der Waals surface area contributed by atoms with E-state index in [-0.39, 0.29) is 0 Å². The largest absolute Gasteiger partial charge is 0.492 e. The molecule has 3 nitrogen and oxygen atoms in total. The van der Waals surface area contributed by atoms with Crippen molar-refractivity contribution in [3.8, 4) is 11.2 Å². The van der Waals surface area contributed by atoms with Gasteiger partial charge >= 0.3 is 0 Å². The average Bonchev–Trinajstić information content (AvgIpc) is 2.46. The topological polar surface area (TPSA) is 36.3 Å². The van der Waals surface area contributed by atoms with Crippen LogP contribution in [-0.2, 0) is 6.42 Å². The van der Waals surface area contributed by atoms with Crippen LogP contribution in [0.25, 0.3) is 0 Å². The van der Waals surface area contributed by atoms with Crippen molar-refractivity contribution in [3.63, 3.8) is 0 Å². The standard InChI is InChI=1S/C16H22N2OS/c1-3-13-8-15(10-16(9-13)20-12-17)19-11-14-6-4-5-7-18(14)2/h8-10,14H,3-7,11H2,1-2H3. The number of aryl methyl sites for hydroxylation is 1. The molecule has 0 amide bonds. The van der Waals surface area contributed by atoms with Gasteiger partial charge < -0.3 is 9.64 Å². The van der Waals surface area contributed by atoms with Crippen LogP contribution in [-0.4, -0.2) is 31.1 Å². The van der Waals surface area contributed by atoms with E-state index in [1.807, 2.05) is 6.07 Å². The van der Waals surface area contributed by atoms with Crippen LogP contribution in [0, 0.1) is 10.7 Å². The van der Waals surface area contributed by atoms with Crippen molar-refractivity contribution in [1.29, 1.82) is 5.26 Å². The summed E-state index contributed by atoms with van der Waals surface area (Å²) in [6.45, 7) is 4.02. The van der Waals surface area contributed by atoms with Crippen LogP contribution in [0.2, 0.25) is 0 Å². The minimum atomic E-state index is 0.515. The van der Waals surface area contributed by atoms with Gasteiger partial charge in [0.05, 0.1) is 0 Å². The molecule has 1 fully saturated rings. The third-order valence-corrected chi connectivity index (χ3v) is 4.44. The normalized spacial score (nSPS) is 19.6. The van der Waals surface area contributed by atoms with Crippen LogP contribution in [0.4, 0.5) is 0 Å². The molecule has 0 aromatic heterocycles. The molecule has 1 saturated heterocycles. The number of thiocyanates is 1. The Labute approximate surface area is 125 Å². The fraction of sp³-hybridized carbons (Fsp3) is 0.562. The average molecular weight is 290 g/mol. The van der Waals surface area contributed by atoms with E-state index in [1.54, 1.807) is 0 Å². The summed E-state index contributed by atoms with van der Waals surface area (Å²) < 4.78 is 5.98. The van der Waals surface area contributed by atoms with E-state index < -0.39 is 0 Å². The molecule has 0 N–H and O–H groups in total. The van der Waals surface area contributed by atoms with E-state index in [1.165, 1.54) is 43.1 Å². The molecule has 0 spiro atoms. The zero-order valence-electron chi connectivity index (χ0n) is 12.3. The molecule has 1 aliphatic heterocycles. The summed E-state index contributed by atoms with van der Waals surface area (Å²) in [6, 6.07) is 6.63. The monoisotopic (exact) mass is 290 g/mol. The second-order valence-electron chi connectivity index (χ2n) is 5.30. The number of likely N-dealkylation sites (tertiary alicyclic amines) is 1. The minimum absolute atomic E-state index is 0.515. The highest BCUT2D eigenvalue weighted by molar-refractivity contribution is 8.03. The first-order valence-electron chi connectivity index (χ1n) is 7.26. The Kier molecular flexibility index (Phi) is 5.75. The first kappa shape index (κ1) is 15.2. The van der Waals surface area contributed by atoms with Gasteiger partial charge in [0, 0.05) is 10.9 Å². The van der Waals surface area contributed by atoms with Crippen molar-refractivity contribution in [2.75, 3.05) is 20.2 Å². The predicted molar refractivity (Wildman–Crippen MR) is 83.1 cm³/mol. The van der Waals surface area contributed by atoms with Gasteiger partial charge in [-0.15, -0.1) is 0 Å². The van der Waals surface area contributed by atoms with Crippen molar-refractivity contribution in [2.45, 2.75) is 43.5 Å². The highest BCUT2D eigenvalue weighted by atomic mass is 32.2. The van der Waals surface area contributed by atoms with Crippen molar-refractivity contribution < 1.29 is 4.74 Å². The molecule has 0 radical (unpaired) electrons. The van der Waals surface area contributed by atoms with E-state index in [9.17, 15) is 0 Å². The van der Waals surface area contributed by atoms with Crippen LogP contribution in [0.15, 0.2) is 23.1 Å². The van der Waals surface area contributed by atoms with Crippen LogP contribution < -0.4 is 4.74 Å². The molecule has 1 aliphatic rings. The number of nitrogens with zero attached hydrogens (tertiary/aromatic N) is 2. The summed E-state index contributed by atoms with van der Waals surface area (Å²) in [7, 11) is 2.17. The number of thioether (sulfide) groups is 1. The molecule has 1 heterocycles. The van der Waals surface area contributed by atoms with Crippen LogP contribution in [0.5, 0.6) is 5.75 Å². The predicted octanol–water partition coefficient (Wildman–Crippen LogP) is 3.69. The van der Waals surface area contributed by atoms with Crippen molar-refractivity contribution in [2.24, 2.45) is 0 Å². The molecule has 1 aromatic rings. The number of likely N-dealkylation sites (N-methyl/N-ethyl adjacent to an activating group) is 1. The Morgan fingerprint density at radius 1 is 1.40 bits per heavy atom. The molecule has 1 unspecified atom stereocenters. The van der Waals surface area contributed by atoms with Crippen molar-refractivity contribution in [1.82, 2.24) is 4.90 Å². The molecule has 0 bridgehead atoms. The molecular formula is C16H22N2OS. The number of benzene rings is 1. The van der Waals surface area contributed by atoms with Gasteiger partial charge in [0.2, 0.25) is 0 Å². The summed E-state index contributed by atoms with van der Waals surface area (Å²) in [5.74, 6) is 0.890. The highest BCUT2D eigenvalue weighted by Gasteiger charge is 2.19. The number of rotatable bonds is 5. The van der Waals surface area contributed by atoms with Gasteiger partial charge in [-0.1, -0.05) is 13.3 Å². The maximum Gasteiger partial charge on any atom is 0.138 e. The van der Waals surface area contributed by atoms with Crippen LogP contribution >= 0.6 is 11.8 Å². The Morgan fingerprint density at radius 3 is 2.95 bits per heavy atom. The number of hydrogen-bond donors (Lipinski definition) is 0. The van der Waals surface area contributed by atoms with Gasteiger partial charge in [-0.3, -0.25) is 0 Å². The van der Waals surface area contributed by atoms with E-state index in [0.717, 1.165) is 23.7 Å². The second kappa shape index (κ2) is 7.56. The molecule has 0 saturated carbocycles. The summed E-state index contributed by atoms with van der Waals surface area (Å²) >= 11 is 1.20. The Balaban J connectivity index is 2.01. The molecule has 0 aliphatic carbocycles. The fourth-order valence-electron chi connectivity index (χ4n) is 2.58. The molecule has 4 heteroatoms. The van der Waals surface area contributed by atoms with Crippen molar-refractivity contribution >= 4 is 11.8 Å². The molecular weight excluding hydrogens is 268 g/mol. The van der Waals surface area contributed by atoms with Gasteiger partial charge in [-0.05, 0) is 68.4 Å². The number of nitriles is 1. The lowest BCUT2D eigenvalue weighted by molar-refractivity contribution is 0.125.